The van der Waals surface area contributed by atoms with Crippen LogP contribution >= 0.6 is 0 Å². The van der Waals surface area contributed by atoms with Crippen LogP contribution in [0.3, 0.4) is 0 Å². The Labute approximate surface area is 208 Å². The highest BCUT2D eigenvalue weighted by Gasteiger charge is 2.41. The van der Waals surface area contributed by atoms with Gasteiger partial charge in [-0.1, -0.05) is 48.5 Å². The molecule has 4 rings (SSSR count). The molecule has 10 nitrogen and oxygen atoms in total. The molecule has 188 valence electrons. The number of benzene rings is 3. The average molecular weight is 511 g/mol. The van der Waals surface area contributed by atoms with Gasteiger partial charge in [-0.3, -0.25) is 10.2 Å². The zero-order valence-corrected chi connectivity index (χ0v) is 20.3. The van der Waals surface area contributed by atoms with Crippen molar-refractivity contribution in [1.82, 2.24) is 9.62 Å². The second-order valence-corrected chi connectivity index (χ2v) is 10.2. The summed E-state index contributed by atoms with van der Waals surface area (Å²) in [5.74, 6) is -1.51. The number of nitrogens with zero attached hydrogens (tertiary/aromatic N) is 1. The number of aliphatic carboxylic acids is 1. The number of nitrogens with one attached hydrogen (secondary N) is 2. The van der Waals surface area contributed by atoms with E-state index in [9.17, 15) is 23.1 Å². The summed E-state index contributed by atoms with van der Waals surface area (Å²) >= 11 is 0. The number of methoxy groups -OCH3 is 1. The van der Waals surface area contributed by atoms with Crippen LogP contribution in [0.2, 0.25) is 0 Å². The summed E-state index contributed by atoms with van der Waals surface area (Å²) in [6.07, 6.45) is 0.163. The Morgan fingerprint density at radius 1 is 1.22 bits per heavy atom. The Bertz CT molecular complexity index is 1440. The maximum Gasteiger partial charge on any atom is 0.326 e. The number of rotatable bonds is 9. The van der Waals surface area contributed by atoms with Crippen LogP contribution in [0.25, 0.3) is 10.8 Å². The Balaban J connectivity index is 1.53. The van der Waals surface area contributed by atoms with Crippen molar-refractivity contribution in [2.45, 2.75) is 29.8 Å². The molecule has 1 heterocycles. The van der Waals surface area contributed by atoms with Crippen molar-refractivity contribution in [3.8, 4) is 5.75 Å². The van der Waals surface area contributed by atoms with E-state index in [-0.39, 0.29) is 30.1 Å². The van der Waals surface area contributed by atoms with Crippen LogP contribution in [0.15, 0.2) is 65.6 Å². The number of amidine groups is 1. The van der Waals surface area contributed by atoms with Gasteiger partial charge in [0.2, 0.25) is 15.9 Å². The fourth-order valence-corrected chi connectivity index (χ4v) is 5.60. The van der Waals surface area contributed by atoms with E-state index in [2.05, 4.69) is 4.72 Å². The first kappa shape index (κ1) is 25.1. The second kappa shape index (κ2) is 9.96. The van der Waals surface area contributed by atoms with Crippen LogP contribution in [-0.2, 0) is 26.0 Å². The van der Waals surface area contributed by atoms with Crippen molar-refractivity contribution >= 4 is 38.5 Å². The van der Waals surface area contributed by atoms with Gasteiger partial charge in [-0.05, 0) is 23.4 Å². The van der Waals surface area contributed by atoms with Gasteiger partial charge in [0.15, 0.2) is 0 Å². The number of amides is 1. The minimum Gasteiger partial charge on any atom is -0.496 e. The number of fused-ring (bicyclic) bond motifs is 1. The molecule has 1 saturated heterocycles. The molecule has 5 N–H and O–H groups in total. The molecule has 3 aromatic rings. The fraction of sp³-hybridized carbons (Fsp3) is 0.240. The summed E-state index contributed by atoms with van der Waals surface area (Å²) in [4.78, 5) is 26.3. The minimum atomic E-state index is -4.10. The van der Waals surface area contributed by atoms with Crippen molar-refractivity contribution in [1.29, 1.82) is 5.41 Å². The lowest BCUT2D eigenvalue weighted by atomic mass is 10.0. The number of likely N-dealkylation sites (tertiary alicyclic amines) is 1. The number of sulfonamides is 1. The number of nitrogens with two attached hydrogens (primary N) is 1. The molecule has 0 bridgehead atoms. The maximum absolute atomic E-state index is 13.2. The standard InChI is InChI=1S/C25H26N4O6S/c1-35-22-14-18(13-17-4-2-3-5-19(17)22)36(33,34)28-20-10-11-29(24(20)30)21(25(31)32)12-15-6-8-16(9-7-15)23(26)27/h2-9,13-14,20-21,28H,10-12H2,1H3,(H3,26,27)(H,31,32). The Kier molecular flexibility index (Phi) is 6.95. The third kappa shape index (κ3) is 5.02. The van der Waals surface area contributed by atoms with Crippen molar-refractivity contribution in [3.05, 3.63) is 71.8 Å². The smallest absolute Gasteiger partial charge is 0.326 e. The van der Waals surface area contributed by atoms with Crippen molar-refractivity contribution in [3.63, 3.8) is 0 Å². The van der Waals surface area contributed by atoms with Crippen LogP contribution in [0.1, 0.15) is 17.5 Å². The highest BCUT2D eigenvalue weighted by atomic mass is 32.2. The van der Waals surface area contributed by atoms with Crippen molar-refractivity contribution in [2.24, 2.45) is 5.73 Å². The van der Waals surface area contributed by atoms with E-state index in [1.54, 1.807) is 36.4 Å². The highest BCUT2D eigenvalue weighted by Crippen LogP contribution is 2.30. The highest BCUT2D eigenvalue weighted by molar-refractivity contribution is 7.89. The molecule has 2 atom stereocenters. The molecule has 2 unspecified atom stereocenters. The van der Waals surface area contributed by atoms with Gasteiger partial charge < -0.3 is 20.5 Å². The van der Waals surface area contributed by atoms with Crippen LogP contribution < -0.4 is 15.2 Å². The SMILES string of the molecule is COc1cc(S(=O)(=O)NC2CCN(C(Cc3ccc(C(=N)N)cc3)C(=O)O)C2=O)cc2ccccc12. The fourth-order valence-electron chi connectivity index (χ4n) is 4.32. The Morgan fingerprint density at radius 2 is 1.92 bits per heavy atom. The van der Waals surface area contributed by atoms with Crippen LogP contribution in [0.5, 0.6) is 5.75 Å². The van der Waals surface area contributed by atoms with E-state index in [0.717, 1.165) is 5.39 Å². The number of carboxylic acid groups (broad SMARTS) is 1. The molecule has 0 aliphatic carbocycles. The number of carbonyl (C=O) groups is 2. The van der Waals surface area contributed by atoms with E-state index in [1.165, 1.54) is 24.1 Å². The summed E-state index contributed by atoms with van der Waals surface area (Å²) in [6, 6.07) is 14.3. The first-order valence-corrected chi connectivity index (χ1v) is 12.6. The first-order chi connectivity index (χ1) is 17.1. The number of nitrogen functional groups attached to an aromatic ring is 1. The lowest BCUT2D eigenvalue weighted by molar-refractivity contribution is -0.148. The predicted molar refractivity (Wildman–Crippen MR) is 134 cm³/mol. The molecular formula is C25H26N4O6S. The van der Waals surface area contributed by atoms with Crippen molar-refractivity contribution in [2.75, 3.05) is 13.7 Å². The van der Waals surface area contributed by atoms with Gasteiger partial charge in [0.25, 0.3) is 0 Å². The molecule has 1 fully saturated rings. The normalized spacial score (nSPS) is 16.8. The summed E-state index contributed by atoms with van der Waals surface area (Å²) in [7, 11) is -2.65. The number of carboxylic acids is 1. The van der Waals surface area contributed by atoms with Crippen LogP contribution in [-0.4, -0.2) is 61.9 Å². The number of hydrogen-bond acceptors (Lipinski definition) is 6. The Hall–Kier alpha value is -3.96. The minimum absolute atomic E-state index is 0.0284. The molecule has 0 saturated carbocycles. The maximum atomic E-state index is 13.2. The van der Waals surface area contributed by atoms with Gasteiger partial charge in [0.1, 0.15) is 23.7 Å². The zero-order valence-electron chi connectivity index (χ0n) is 19.5. The van der Waals surface area contributed by atoms with E-state index in [1.807, 2.05) is 12.1 Å². The number of carbonyl (C=O) groups excluding carboxylic acids is 1. The molecule has 1 amide bonds. The van der Waals surface area contributed by atoms with E-state index in [4.69, 9.17) is 15.9 Å². The molecular weight excluding hydrogens is 484 g/mol. The first-order valence-electron chi connectivity index (χ1n) is 11.2. The molecule has 36 heavy (non-hydrogen) atoms. The monoisotopic (exact) mass is 510 g/mol. The molecule has 0 radical (unpaired) electrons. The van der Waals surface area contributed by atoms with Gasteiger partial charge >= 0.3 is 5.97 Å². The number of ether oxygens (including phenoxy) is 1. The van der Waals surface area contributed by atoms with Gasteiger partial charge in [0, 0.05) is 30.0 Å². The third-order valence-electron chi connectivity index (χ3n) is 6.22. The Morgan fingerprint density at radius 3 is 2.56 bits per heavy atom. The quantitative estimate of drug-likeness (QED) is 0.251. The lowest BCUT2D eigenvalue weighted by Gasteiger charge is -2.25. The number of hydrogen-bond donors (Lipinski definition) is 4. The lowest BCUT2D eigenvalue weighted by Crippen LogP contribution is -2.48. The summed E-state index contributed by atoms with van der Waals surface area (Å²) in [6.45, 7) is 0.0928. The van der Waals surface area contributed by atoms with E-state index < -0.39 is 34.0 Å². The molecule has 3 aromatic carbocycles. The van der Waals surface area contributed by atoms with Gasteiger partial charge in [-0.15, -0.1) is 0 Å². The second-order valence-electron chi connectivity index (χ2n) is 8.51. The summed E-state index contributed by atoms with van der Waals surface area (Å²) in [5, 5.41) is 18.7. The zero-order chi connectivity index (χ0) is 26.0. The van der Waals surface area contributed by atoms with Crippen LogP contribution in [0, 0.1) is 5.41 Å². The van der Waals surface area contributed by atoms with Crippen molar-refractivity contribution < 1.29 is 27.9 Å². The van der Waals surface area contributed by atoms with Gasteiger partial charge in [-0.2, -0.15) is 4.72 Å². The molecule has 11 heteroatoms. The van der Waals surface area contributed by atoms with Gasteiger partial charge in [-0.25, -0.2) is 13.2 Å². The summed E-state index contributed by atoms with van der Waals surface area (Å²) < 4.78 is 34.1. The van der Waals surface area contributed by atoms with E-state index in [0.29, 0.717) is 22.3 Å². The predicted octanol–water partition coefficient (Wildman–Crippen LogP) is 1.71. The van der Waals surface area contributed by atoms with Gasteiger partial charge in [0.05, 0.1) is 12.0 Å². The molecule has 1 aliphatic rings. The topological polar surface area (TPSA) is 163 Å². The largest absolute Gasteiger partial charge is 0.496 e. The molecule has 1 aliphatic heterocycles. The molecule has 0 aromatic heterocycles. The average Bonchev–Trinajstić information content (AvgIpc) is 3.20. The van der Waals surface area contributed by atoms with Crippen LogP contribution in [0.4, 0.5) is 0 Å². The third-order valence-corrected chi connectivity index (χ3v) is 7.67. The van der Waals surface area contributed by atoms with E-state index >= 15 is 0 Å². The molecule has 0 spiro atoms. The summed E-state index contributed by atoms with van der Waals surface area (Å²) in [5.41, 5.74) is 6.60.